The first-order valence-corrected chi connectivity index (χ1v) is 5.37. The van der Waals surface area contributed by atoms with Gasteiger partial charge in [0, 0.05) is 6.21 Å². The van der Waals surface area contributed by atoms with Gasteiger partial charge in [0.15, 0.2) is 5.78 Å². The number of dihydropyridines is 1. The number of carbonyl (C=O) groups is 1. The molecule has 0 saturated heterocycles. The highest BCUT2D eigenvalue weighted by molar-refractivity contribution is 6.10. The van der Waals surface area contributed by atoms with Crippen LogP contribution in [0.4, 0.5) is 0 Å². The summed E-state index contributed by atoms with van der Waals surface area (Å²) < 4.78 is 0. The molecule has 1 aromatic rings. The first kappa shape index (κ1) is 9.28. The van der Waals surface area contributed by atoms with Crippen molar-refractivity contribution in [3.8, 4) is 0 Å². The van der Waals surface area contributed by atoms with E-state index >= 15 is 0 Å². The molecule has 0 aromatic heterocycles. The average molecular weight is 209 g/mol. The lowest BCUT2D eigenvalue weighted by molar-refractivity contribution is -0.115. The molecule has 0 spiro atoms. The quantitative estimate of drug-likeness (QED) is 0.610. The van der Waals surface area contributed by atoms with Gasteiger partial charge in [0.05, 0.1) is 12.0 Å². The zero-order chi connectivity index (χ0) is 11.0. The minimum Gasteiger partial charge on any atom is -0.294 e. The van der Waals surface area contributed by atoms with Crippen molar-refractivity contribution < 1.29 is 4.79 Å². The highest BCUT2D eigenvalue weighted by Gasteiger charge is 2.24. The minimum absolute atomic E-state index is 0.0441. The summed E-state index contributed by atoms with van der Waals surface area (Å²) in [6.07, 6.45) is 9.33. The van der Waals surface area contributed by atoms with Gasteiger partial charge in [-0.25, -0.2) is 0 Å². The predicted molar refractivity (Wildman–Crippen MR) is 64.5 cm³/mol. The first-order chi connectivity index (χ1) is 7.84. The van der Waals surface area contributed by atoms with E-state index in [1.165, 1.54) is 0 Å². The second-order valence-electron chi connectivity index (χ2n) is 4.04. The van der Waals surface area contributed by atoms with Crippen LogP contribution in [-0.2, 0) is 4.79 Å². The Morgan fingerprint density at radius 3 is 2.81 bits per heavy atom. The van der Waals surface area contributed by atoms with Crippen molar-refractivity contribution in [1.82, 2.24) is 0 Å². The van der Waals surface area contributed by atoms with E-state index in [2.05, 4.69) is 11.1 Å². The third-order valence-electron chi connectivity index (χ3n) is 3.00. The molecule has 2 unspecified atom stereocenters. The number of nitrogens with zero attached hydrogens (tertiary/aromatic N) is 1. The number of fused-ring (bicyclic) bond motifs is 2. The van der Waals surface area contributed by atoms with Crippen LogP contribution >= 0.6 is 0 Å². The second kappa shape index (κ2) is 3.56. The molecule has 2 aliphatic rings. The molecule has 0 amide bonds. The second-order valence-corrected chi connectivity index (χ2v) is 4.04. The number of hydrogen-bond acceptors (Lipinski definition) is 2. The van der Waals surface area contributed by atoms with Crippen LogP contribution in [0, 0.1) is 5.92 Å². The van der Waals surface area contributed by atoms with E-state index < -0.39 is 0 Å². The van der Waals surface area contributed by atoms with Crippen molar-refractivity contribution in [2.75, 3.05) is 0 Å². The van der Waals surface area contributed by atoms with Gasteiger partial charge in [-0.15, -0.1) is 0 Å². The van der Waals surface area contributed by atoms with Crippen LogP contribution < -0.4 is 10.4 Å². The number of rotatable bonds is 0. The number of ketones is 1. The summed E-state index contributed by atoms with van der Waals surface area (Å²) in [5.74, 6) is 0.0108. The predicted octanol–water partition coefficient (Wildman–Crippen LogP) is 0.456. The molecule has 3 rings (SSSR count). The Bertz CT molecular complexity index is 610. The van der Waals surface area contributed by atoms with Gasteiger partial charge in [0.2, 0.25) is 0 Å². The largest absolute Gasteiger partial charge is 0.294 e. The Kier molecular flexibility index (Phi) is 2.07. The van der Waals surface area contributed by atoms with E-state index in [0.717, 1.165) is 10.4 Å². The summed E-state index contributed by atoms with van der Waals surface area (Å²) >= 11 is 0. The van der Waals surface area contributed by atoms with E-state index in [9.17, 15) is 4.79 Å². The number of carbonyl (C=O) groups excluding carboxylic acids is 1. The normalized spacial score (nSPS) is 26.1. The van der Waals surface area contributed by atoms with Crippen molar-refractivity contribution in [3.05, 3.63) is 46.9 Å². The van der Waals surface area contributed by atoms with Crippen LogP contribution in [0.5, 0.6) is 0 Å². The molecule has 0 saturated carbocycles. The van der Waals surface area contributed by atoms with Crippen molar-refractivity contribution in [2.24, 2.45) is 10.9 Å². The number of hydrogen-bond donors (Lipinski definition) is 0. The summed E-state index contributed by atoms with van der Waals surface area (Å²) in [5, 5.41) is 2.08. The molecular formula is C14H11NO. The SMILES string of the molecule is O=C1C=c2ccccc2=CC2N=CC=CC12. The summed E-state index contributed by atoms with van der Waals surface area (Å²) in [6.45, 7) is 0. The molecule has 2 nitrogen and oxygen atoms in total. The van der Waals surface area contributed by atoms with Gasteiger partial charge in [-0.3, -0.25) is 9.79 Å². The van der Waals surface area contributed by atoms with Crippen molar-refractivity contribution in [1.29, 1.82) is 0 Å². The molecule has 2 atom stereocenters. The van der Waals surface area contributed by atoms with Gasteiger partial charge in [-0.1, -0.05) is 36.4 Å². The van der Waals surface area contributed by atoms with E-state index in [1.807, 2.05) is 36.4 Å². The first-order valence-electron chi connectivity index (χ1n) is 5.37. The van der Waals surface area contributed by atoms with Crippen LogP contribution in [0.3, 0.4) is 0 Å². The van der Waals surface area contributed by atoms with E-state index in [4.69, 9.17) is 0 Å². The van der Waals surface area contributed by atoms with Crippen LogP contribution in [0.25, 0.3) is 12.2 Å². The Morgan fingerprint density at radius 1 is 1.12 bits per heavy atom. The fourth-order valence-corrected chi connectivity index (χ4v) is 2.16. The fourth-order valence-electron chi connectivity index (χ4n) is 2.16. The van der Waals surface area contributed by atoms with Crippen molar-refractivity contribution >= 4 is 24.1 Å². The average Bonchev–Trinajstić information content (AvgIpc) is 2.45. The Labute approximate surface area is 93.3 Å². The third kappa shape index (κ3) is 1.43. The lowest BCUT2D eigenvalue weighted by Crippen LogP contribution is -2.25. The Morgan fingerprint density at radius 2 is 1.94 bits per heavy atom. The molecule has 2 heteroatoms. The number of benzene rings is 1. The van der Waals surface area contributed by atoms with Gasteiger partial charge < -0.3 is 0 Å². The van der Waals surface area contributed by atoms with Crippen molar-refractivity contribution in [3.63, 3.8) is 0 Å². The molecule has 0 radical (unpaired) electrons. The highest BCUT2D eigenvalue weighted by atomic mass is 16.1. The lowest BCUT2D eigenvalue weighted by Gasteiger charge is -2.16. The Hall–Kier alpha value is -1.96. The van der Waals surface area contributed by atoms with Crippen LogP contribution in [0.2, 0.25) is 0 Å². The van der Waals surface area contributed by atoms with E-state index in [1.54, 1.807) is 12.3 Å². The topological polar surface area (TPSA) is 29.4 Å². The highest BCUT2D eigenvalue weighted by Crippen LogP contribution is 2.17. The van der Waals surface area contributed by atoms with Crippen LogP contribution in [-0.4, -0.2) is 18.0 Å². The van der Waals surface area contributed by atoms with Gasteiger partial charge in [-0.2, -0.15) is 0 Å². The molecule has 0 N–H and O–H groups in total. The summed E-state index contributed by atoms with van der Waals surface area (Å²) in [4.78, 5) is 16.4. The maximum absolute atomic E-state index is 12.0. The number of aliphatic imine (C=N–C) groups is 1. The lowest BCUT2D eigenvalue weighted by atomic mass is 9.94. The third-order valence-corrected chi connectivity index (χ3v) is 3.00. The van der Waals surface area contributed by atoms with E-state index in [-0.39, 0.29) is 17.7 Å². The zero-order valence-corrected chi connectivity index (χ0v) is 8.71. The van der Waals surface area contributed by atoms with Gasteiger partial charge in [0.25, 0.3) is 0 Å². The molecule has 0 fully saturated rings. The monoisotopic (exact) mass is 209 g/mol. The smallest absolute Gasteiger partial charge is 0.165 e. The standard InChI is InChI=1S/C14H11NO/c16-14-9-11-5-2-1-4-10(11)8-13-12(14)6-3-7-15-13/h1-9,12-13H. The van der Waals surface area contributed by atoms with Crippen LogP contribution in [0.1, 0.15) is 0 Å². The molecule has 16 heavy (non-hydrogen) atoms. The molecule has 78 valence electrons. The molecule has 1 aliphatic carbocycles. The maximum Gasteiger partial charge on any atom is 0.165 e. The molecular weight excluding hydrogens is 198 g/mol. The maximum atomic E-state index is 12.0. The van der Waals surface area contributed by atoms with Gasteiger partial charge >= 0.3 is 0 Å². The molecule has 1 aromatic carbocycles. The summed E-state index contributed by atoms with van der Waals surface area (Å²) in [6, 6.07) is 7.88. The summed E-state index contributed by atoms with van der Waals surface area (Å²) in [7, 11) is 0. The molecule has 1 aliphatic heterocycles. The van der Waals surface area contributed by atoms with Gasteiger partial charge in [0.1, 0.15) is 0 Å². The van der Waals surface area contributed by atoms with Crippen molar-refractivity contribution in [2.45, 2.75) is 6.04 Å². The Balaban J connectivity index is 2.28. The minimum atomic E-state index is -0.127. The molecule has 1 heterocycles. The van der Waals surface area contributed by atoms with Gasteiger partial charge in [-0.05, 0) is 22.6 Å². The number of Topliss-reactive ketones (excluding diaryl/α,β-unsaturated/α-hetero) is 1. The van der Waals surface area contributed by atoms with Crippen LogP contribution in [0.15, 0.2) is 41.4 Å². The van der Waals surface area contributed by atoms with E-state index in [0.29, 0.717) is 0 Å². The fraction of sp³-hybridized carbons (Fsp3) is 0.143. The summed E-state index contributed by atoms with van der Waals surface area (Å²) in [5.41, 5.74) is 0. The molecule has 0 bridgehead atoms. The zero-order valence-electron chi connectivity index (χ0n) is 8.71. The number of allylic oxidation sites excluding steroid dienone is 1.